The second-order valence-electron chi connectivity index (χ2n) is 6.47. The van der Waals surface area contributed by atoms with Crippen molar-refractivity contribution < 1.29 is 4.79 Å². The number of unbranched alkanes of at least 4 members (excludes halogenated alkanes) is 1. The van der Waals surface area contributed by atoms with Crippen molar-refractivity contribution in [1.82, 2.24) is 14.5 Å². The van der Waals surface area contributed by atoms with Gasteiger partial charge in [-0.15, -0.1) is 0 Å². The Morgan fingerprint density at radius 2 is 1.93 bits per heavy atom. The fourth-order valence-corrected chi connectivity index (χ4v) is 2.81. The highest BCUT2D eigenvalue weighted by Crippen LogP contribution is 2.12. The van der Waals surface area contributed by atoms with Crippen LogP contribution in [-0.4, -0.2) is 20.4 Å². The van der Waals surface area contributed by atoms with Crippen molar-refractivity contribution in [1.29, 1.82) is 0 Å². The molecule has 2 N–H and O–H groups in total. The van der Waals surface area contributed by atoms with Crippen molar-refractivity contribution in [3.05, 3.63) is 92.5 Å². The molecule has 144 valence electrons. The van der Waals surface area contributed by atoms with Crippen LogP contribution in [-0.2, 0) is 13.0 Å². The van der Waals surface area contributed by atoms with E-state index in [4.69, 9.17) is 0 Å². The number of nitrogens with one attached hydrogen (secondary N) is 2. The average Bonchev–Trinajstić information content (AvgIpc) is 2.71. The summed E-state index contributed by atoms with van der Waals surface area (Å²) < 4.78 is 0.963. The van der Waals surface area contributed by atoms with Crippen molar-refractivity contribution in [2.75, 3.05) is 5.32 Å². The number of hydrogen-bond acceptors (Lipinski definition) is 4. The summed E-state index contributed by atoms with van der Waals surface area (Å²) in [5.74, 6) is -0.572. The van der Waals surface area contributed by atoms with Crippen molar-refractivity contribution in [2.24, 2.45) is 0 Å². The molecule has 1 aromatic carbocycles. The van der Waals surface area contributed by atoms with Crippen LogP contribution in [0.2, 0.25) is 0 Å². The van der Waals surface area contributed by atoms with E-state index < -0.39 is 17.2 Å². The molecule has 0 unspecified atom stereocenters. The van der Waals surface area contributed by atoms with E-state index in [2.05, 4.69) is 22.2 Å². The zero-order chi connectivity index (χ0) is 19.9. The summed E-state index contributed by atoms with van der Waals surface area (Å²) in [5, 5.41) is 2.70. The van der Waals surface area contributed by atoms with Crippen LogP contribution in [0, 0.1) is 0 Å². The second kappa shape index (κ2) is 8.94. The van der Waals surface area contributed by atoms with Gasteiger partial charge in [0.05, 0.1) is 12.2 Å². The van der Waals surface area contributed by atoms with E-state index in [0.29, 0.717) is 11.4 Å². The van der Waals surface area contributed by atoms with Crippen LogP contribution < -0.4 is 16.6 Å². The van der Waals surface area contributed by atoms with Gasteiger partial charge in [-0.25, -0.2) is 4.79 Å². The van der Waals surface area contributed by atoms with E-state index in [1.807, 2.05) is 12.1 Å². The summed E-state index contributed by atoms with van der Waals surface area (Å²) in [5.41, 5.74) is 0.952. The fourth-order valence-electron chi connectivity index (χ4n) is 2.81. The minimum Gasteiger partial charge on any atom is -0.322 e. The number of aryl methyl sites for hydroxylation is 1. The average molecular weight is 378 g/mol. The van der Waals surface area contributed by atoms with Gasteiger partial charge < -0.3 is 10.3 Å². The monoisotopic (exact) mass is 378 g/mol. The number of benzene rings is 1. The number of nitrogens with zero attached hydrogens (tertiary/aromatic N) is 2. The Morgan fingerprint density at radius 3 is 2.61 bits per heavy atom. The third-order valence-electron chi connectivity index (χ3n) is 4.38. The Bertz CT molecular complexity index is 1050. The minimum absolute atomic E-state index is 0.0117. The molecule has 0 aliphatic rings. The molecule has 0 fully saturated rings. The highest BCUT2D eigenvalue weighted by Gasteiger charge is 2.15. The summed E-state index contributed by atoms with van der Waals surface area (Å²) in [6.07, 6.45) is 5.94. The van der Waals surface area contributed by atoms with Crippen LogP contribution in [0.25, 0.3) is 0 Å². The van der Waals surface area contributed by atoms with E-state index in [9.17, 15) is 14.4 Å². The normalized spacial score (nSPS) is 10.6. The van der Waals surface area contributed by atoms with Crippen molar-refractivity contribution in [2.45, 2.75) is 32.7 Å². The number of hydrogen-bond donors (Lipinski definition) is 2. The quantitative estimate of drug-likeness (QED) is 0.660. The lowest BCUT2D eigenvalue weighted by molar-refractivity contribution is 0.102. The summed E-state index contributed by atoms with van der Waals surface area (Å²) >= 11 is 0. The number of carbonyl (C=O) groups excluding carboxylic acids is 1. The summed E-state index contributed by atoms with van der Waals surface area (Å²) in [4.78, 5) is 43.8. The highest BCUT2D eigenvalue weighted by atomic mass is 16.2. The molecule has 0 atom stereocenters. The fraction of sp³-hybridized carbons (Fsp3) is 0.238. The number of rotatable bonds is 7. The van der Waals surface area contributed by atoms with E-state index >= 15 is 0 Å². The molecule has 2 heterocycles. The number of amides is 1. The third kappa shape index (κ3) is 4.62. The van der Waals surface area contributed by atoms with Gasteiger partial charge in [0.2, 0.25) is 0 Å². The Balaban J connectivity index is 1.79. The first-order chi connectivity index (χ1) is 13.6. The van der Waals surface area contributed by atoms with E-state index in [-0.39, 0.29) is 12.1 Å². The van der Waals surface area contributed by atoms with E-state index in [0.717, 1.165) is 30.0 Å². The molecule has 0 saturated heterocycles. The Kier molecular flexibility index (Phi) is 6.16. The number of H-pyrrole nitrogens is 1. The molecule has 0 bridgehead atoms. The standard InChI is InChI=1S/C21H22N4O3/c1-2-3-6-15-8-10-16(11-9-15)24-19(26)18-13-23-21(28)25(20(18)27)14-17-7-4-5-12-22-17/h4-5,7-13H,2-3,6,14H2,1H3,(H,23,28)(H,24,26). The molecule has 3 rings (SSSR count). The van der Waals surface area contributed by atoms with Gasteiger partial charge in [0.1, 0.15) is 5.56 Å². The predicted molar refractivity (Wildman–Crippen MR) is 108 cm³/mol. The Morgan fingerprint density at radius 1 is 1.14 bits per heavy atom. The number of anilines is 1. The SMILES string of the molecule is CCCCc1ccc(NC(=O)c2c[nH]c(=O)n(Cc3ccccn3)c2=O)cc1. The maximum absolute atomic E-state index is 12.7. The van der Waals surface area contributed by atoms with Crippen molar-refractivity contribution in [3.8, 4) is 0 Å². The second-order valence-corrected chi connectivity index (χ2v) is 6.47. The molecular formula is C21H22N4O3. The topological polar surface area (TPSA) is 96.8 Å². The molecule has 28 heavy (non-hydrogen) atoms. The maximum Gasteiger partial charge on any atom is 0.328 e. The Hall–Kier alpha value is -3.48. The Labute approximate surface area is 162 Å². The largest absolute Gasteiger partial charge is 0.328 e. The zero-order valence-corrected chi connectivity index (χ0v) is 15.6. The van der Waals surface area contributed by atoms with Crippen LogP contribution in [0.1, 0.15) is 41.4 Å². The van der Waals surface area contributed by atoms with Crippen LogP contribution >= 0.6 is 0 Å². The lowest BCUT2D eigenvalue weighted by atomic mass is 10.1. The minimum atomic E-state index is -0.661. The van der Waals surface area contributed by atoms with Gasteiger partial charge in [0.15, 0.2) is 0 Å². The maximum atomic E-state index is 12.7. The number of pyridine rings is 1. The van der Waals surface area contributed by atoms with Crippen LogP contribution in [0.15, 0.2) is 64.4 Å². The molecule has 1 amide bonds. The van der Waals surface area contributed by atoms with Gasteiger partial charge in [-0.2, -0.15) is 0 Å². The molecule has 0 saturated carbocycles. The molecule has 2 aromatic heterocycles. The number of carbonyl (C=O) groups is 1. The zero-order valence-electron chi connectivity index (χ0n) is 15.6. The lowest BCUT2D eigenvalue weighted by Crippen LogP contribution is -2.39. The smallest absolute Gasteiger partial charge is 0.322 e. The summed E-state index contributed by atoms with van der Waals surface area (Å²) in [6.45, 7) is 2.13. The molecular weight excluding hydrogens is 356 g/mol. The third-order valence-corrected chi connectivity index (χ3v) is 4.38. The lowest BCUT2D eigenvalue weighted by Gasteiger charge is -2.08. The molecule has 0 aliphatic carbocycles. The number of aromatic nitrogens is 3. The van der Waals surface area contributed by atoms with Gasteiger partial charge >= 0.3 is 5.69 Å². The first-order valence-corrected chi connectivity index (χ1v) is 9.21. The van der Waals surface area contributed by atoms with Gasteiger partial charge in [0, 0.05) is 18.1 Å². The molecule has 3 aromatic rings. The van der Waals surface area contributed by atoms with E-state index in [1.165, 1.54) is 5.56 Å². The van der Waals surface area contributed by atoms with Gasteiger partial charge in [-0.05, 0) is 42.7 Å². The summed E-state index contributed by atoms with van der Waals surface area (Å²) in [7, 11) is 0. The summed E-state index contributed by atoms with van der Waals surface area (Å²) in [6, 6.07) is 12.7. The van der Waals surface area contributed by atoms with Crippen LogP contribution in [0.4, 0.5) is 5.69 Å². The molecule has 0 spiro atoms. The molecule has 0 aliphatic heterocycles. The number of aromatic amines is 1. The molecule has 0 radical (unpaired) electrons. The van der Waals surface area contributed by atoms with Gasteiger partial charge in [-0.1, -0.05) is 31.5 Å². The van der Waals surface area contributed by atoms with Crippen LogP contribution in [0.3, 0.4) is 0 Å². The predicted octanol–water partition coefficient (Wildman–Crippen LogP) is 2.57. The first-order valence-electron chi connectivity index (χ1n) is 9.21. The van der Waals surface area contributed by atoms with Crippen LogP contribution in [0.5, 0.6) is 0 Å². The van der Waals surface area contributed by atoms with Crippen molar-refractivity contribution in [3.63, 3.8) is 0 Å². The van der Waals surface area contributed by atoms with E-state index in [1.54, 1.807) is 36.5 Å². The molecule has 7 heteroatoms. The van der Waals surface area contributed by atoms with Gasteiger partial charge in [0.25, 0.3) is 11.5 Å². The molecule has 7 nitrogen and oxygen atoms in total. The first kappa shape index (κ1) is 19.3. The van der Waals surface area contributed by atoms with Crippen molar-refractivity contribution >= 4 is 11.6 Å². The van der Waals surface area contributed by atoms with Gasteiger partial charge in [-0.3, -0.25) is 19.1 Å². The highest BCUT2D eigenvalue weighted by molar-refractivity contribution is 6.03.